The molecule has 2 fully saturated rings. The fourth-order valence-corrected chi connectivity index (χ4v) is 3.54. The molecular formula is C17H35N3. The van der Waals surface area contributed by atoms with Gasteiger partial charge in [0.1, 0.15) is 0 Å². The van der Waals surface area contributed by atoms with Gasteiger partial charge in [-0.1, -0.05) is 0 Å². The highest BCUT2D eigenvalue weighted by Crippen LogP contribution is 2.23. The second-order valence-corrected chi connectivity index (χ2v) is 8.29. The molecule has 118 valence electrons. The van der Waals surface area contributed by atoms with Crippen molar-refractivity contribution in [2.75, 3.05) is 39.3 Å². The van der Waals surface area contributed by atoms with E-state index in [0.717, 1.165) is 17.9 Å². The summed E-state index contributed by atoms with van der Waals surface area (Å²) in [6.45, 7) is 19.2. The summed E-state index contributed by atoms with van der Waals surface area (Å²) in [5.41, 5.74) is 0.261. The number of nitrogens with one attached hydrogen (secondary N) is 1. The molecule has 2 heterocycles. The van der Waals surface area contributed by atoms with E-state index in [0.29, 0.717) is 0 Å². The fourth-order valence-electron chi connectivity index (χ4n) is 3.54. The van der Waals surface area contributed by atoms with E-state index in [1.54, 1.807) is 0 Å². The van der Waals surface area contributed by atoms with Crippen LogP contribution in [0.1, 0.15) is 47.5 Å². The van der Waals surface area contributed by atoms with Crippen molar-refractivity contribution in [2.24, 2.45) is 11.8 Å². The Morgan fingerprint density at radius 2 is 1.75 bits per heavy atom. The van der Waals surface area contributed by atoms with Gasteiger partial charge in [-0.2, -0.15) is 0 Å². The van der Waals surface area contributed by atoms with Crippen molar-refractivity contribution in [3.05, 3.63) is 0 Å². The average Bonchev–Trinajstić information content (AvgIpc) is 2.95. The first-order valence-electron chi connectivity index (χ1n) is 8.55. The summed E-state index contributed by atoms with van der Waals surface area (Å²) >= 11 is 0. The second-order valence-electron chi connectivity index (χ2n) is 8.29. The Bertz CT molecular complexity index is 295. The average molecular weight is 281 g/mol. The van der Waals surface area contributed by atoms with E-state index in [1.807, 2.05) is 0 Å². The van der Waals surface area contributed by atoms with Crippen LogP contribution < -0.4 is 5.32 Å². The minimum absolute atomic E-state index is 0.261. The molecule has 0 radical (unpaired) electrons. The van der Waals surface area contributed by atoms with Gasteiger partial charge in [0.2, 0.25) is 0 Å². The Morgan fingerprint density at radius 3 is 2.35 bits per heavy atom. The van der Waals surface area contributed by atoms with Crippen molar-refractivity contribution < 1.29 is 0 Å². The van der Waals surface area contributed by atoms with Crippen molar-refractivity contribution in [1.82, 2.24) is 15.1 Å². The highest BCUT2D eigenvalue weighted by atomic mass is 15.2. The van der Waals surface area contributed by atoms with Crippen LogP contribution in [0.3, 0.4) is 0 Å². The molecule has 0 saturated carbocycles. The van der Waals surface area contributed by atoms with E-state index in [9.17, 15) is 0 Å². The summed E-state index contributed by atoms with van der Waals surface area (Å²) in [6.07, 6.45) is 2.78. The number of hydrogen-bond donors (Lipinski definition) is 1. The van der Waals surface area contributed by atoms with Crippen molar-refractivity contribution in [3.8, 4) is 0 Å². The van der Waals surface area contributed by atoms with Gasteiger partial charge in [-0.3, -0.25) is 0 Å². The zero-order chi connectivity index (χ0) is 14.8. The van der Waals surface area contributed by atoms with Crippen molar-refractivity contribution in [2.45, 2.75) is 59.0 Å². The molecule has 0 aromatic carbocycles. The maximum atomic E-state index is 3.67. The van der Waals surface area contributed by atoms with Crippen LogP contribution in [0.25, 0.3) is 0 Å². The van der Waals surface area contributed by atoms with E-state index in [1.165, 1.54) is 52.1 Å². The molecule has 1 N–H and O–H groups in total. The molecule has 0 bridgehead atoms. The normalized spacial score (nSPS) is 29.7. The minimum Gasteiger partial charge on any atom is -0.312 e. The molecule has 2 rings (SSSR count). The lowest BCUT2D eigenvalue weighted by Gasteiger charge is -2.24. The molecule has 0 aromatic rings. The number of hydrogen-bond acceptors (Lipinski definition) is 3. The summed E-state index contributed by atoms with van der Waals surface area (Å²) in [7, 11) is 0. The molecule has 2 aliphatic rings. The van der Waals surface area contributed by atoms with Gasteiger partial charge in [0, 0.05) is 31.2 Å². The van der Waals surface area contributed by atoms with Crippen LogP contribution >= 0.6 is 0 Å². The molecule has 2 unspecified atom stereocenters. The first-order valence-corrected chi connectivity index (χ1v) is 8.55. The zero-order valence-corrected chi connectivity index (χ0v) is 14.3. The molecule has 0 spiro atoms. The van der Waals surface area contributed by atoms with Crippen LogP contribution in [0.4, 0.5) is 0 Å². The van der Waals surface area contributed by atoms with Gasteiger partial charge < -0.3 is 15.1 Å². The second kappa shape index (κ2) is 6.76. The van der Waals surface area contributed by atoms with Crippen LogP contribution in [0.15, 0.2) is 0 Å². The van der Waals surface area contributed by atoms with Crippen molar-refractivity contribution in [1.29, 1.82) is 0 Å². The monoisotopic (exact) mass is 281 g/mol. The maximum Gasteiger partial charge on any atom is 0.00966 e. The summed E-state index contributed by atoms with van der Waals surface area (Å²) < 4.78 is 0. The largest absolute Gasteiger partial charge is 0.312 e. The summed E-state index contributed by atoms with van der Waals surface area (Å²) in [4.78, 5) is 5.35. The summed E-state index contributed by atoms with van der Waals surface area (Å²) in [5.74, 6) is 1.77. The third-order valence-electron chi connectivity index (χ3n) is 4.86. The number of nitrogens with zero attached hydrogens (tertiary/aromatic N) is 2. The highest BCUT2D eigenvalue weighted by molar-refractivity contribution is 4.85. The molecule has 0 aliphatic carbocycles. The summed E-state index contributed by atoms with van der Waals surface area (Å²) in [5, 5.41) is 3.67. The van der Waals surface area contributed by atoms with Gasteiger partial charge in [-0.15, -0.1) is 0 Å². The van der Waals surface area contributed by atoms with E-state index < -0.39 is 0 Å². The Kier molecular flexibility index (Phi) is 5.49. The lowest BCUT2D eigenvalue weighted by Crippen LogP contribution is -2.40. The molecule has 2 saturated heterocycles. The fraction of sp³-hybridized carbons (Fsp3) is 1.00. The third kappa shape index (κ3) is 5.01. The molecule has 3 nitrogen and oxygen atoms in total. The van der Waals surface area contributed by atoms with E-state index in [2.05, 4.69) is 49.7 Å². The molecular weight excluding hydrogens is 246 g/mol. The van der Waals surface area contributed by atoms with Gasteiger partial charge in [0.05, 0.1) is 0 Å². The number of rotatable bonds is 5. The standard InChI is InChI=1S/C17H35N3/c1-14(2)20-9-7-16(13-20)12-19-8-6-15(11-19)10-18-17(3,4)5/h14-16,18H,6-13H2,1-5H3. The van der Waals surface area contributed by atoms with Crippen molar-refractivity contribution >= 4 is 0 Å². The van der Waals surface area contributed by atoms with Gasteiger partial charge in [-0.05, 0) is 78.9 Å². The van der Waals surface area contributed by atoms with E-state index in [4.69, 9.17) is 0 Å². The Balaban J connectivity index is 1.66. The van der Waals surface area contributed by atoms with Crippen LogP contribution in [0.2, 0.25) is 0 Å². The van der Waals surface area contributed by atoms with Crippen LogP contribution in [-0.2, 0) is 0 Å². The SMILES string of the molecule is CC(C)N1CCC(CN2CCC(CNC(C)(C)C)C2)C1. The first kappa shape index (κ1) is 16.3. The van der Waals surface area contributed by atoms with Crippen LogP contribution in [0, 0.1) is 11.8 Å². The molecule has 0 amide bonds. The Labute approximate surface area is 126 Å². The van der Waals surface area contributed by atoms with Gasteiger partial charge in [0.15, 0.2) is 0 Å². The minimum atomic E-state index is 0.261. The quantitative estimate of drug-likeness (QED) is 0.835. The zero-order valence-electron chi connectivity index (χ0n) is 14.3. The van der Waals surface area contributed by atoms with Gasteiger partial charge >= 0.3 is 0 Å². The molecule has 20 heavy (non-hydrogen) atoms. The molecule has 2 atom stereocenters. The Hall–Kier alpha value is -0.120. The maximum absolute atomic E-state index is 3.67. The summed E-state index contributed by atoms with van der Waals surface area (Å²) in [6, 6.07) is 0.724. The smallest absolute Gasteiger partial charge is 0.00966 e. The van der Waals surface area contributed by atoms with E-state index in [-0.39, 0.29) is 5.54 Å². The van der Waals surface area contributed by atoms with Crippen LogP contribution in [-0.4, -0.2) is 60.6 Å². The molecule has 0 aromatic heterocycles. The topological polar surface area (TPSA) is 18.5 Å². The van der Waals surface area contributed by atoms with Gasteiger partial charge in [-0.25, -0.2) is 0 Å². The van der Waals surface area contributed by atoms with Gasteiger partial charge in [0.25, 0.3) is 0 Å². The Morgan fingerprint density at radius 1 is 1.05 bits per heavy atom. The lowest BCUT2D eigenvalue weighted by molar-refractivity contribution is 0.234. The predicted octanol–water partition coefficient (Wildman–Crippen LogP) is 2.43. The molecule has 2 aliphatic heterocycles. The van der Waals surface area contributed by atoms with Crippen LogP contribution in [0.5, 0.6) is 0 Å². The molecule has 3 heteroatoms. The highest BCUT2D eigenvalue weighted by Gasteiger charge is 2.29. The van der Waals surface area contributed by atoms with E-state index >= 15 is 0 Å². The lowest BCUT2D eigenvalue weighted by atomic mass is 10.1. The first-order chi connectivity index (χ1) is 9.33. The van der Waals surface area contributed by atoms with Crippen molar-refractivity contribution in [3.63, 3.8) is 0 Å². The predicted molar refractivity (Wildman–Crippen MR) is 87.1 cm³/mol. The number of likely N-dealkylation sites (tertiary alicyclic amines) is 2. The third-order valence-corrected chi connectivity index (χ3v) is 4.86.